The summed E-state index contributed by atoms with van der Waals surface area (Å²) in [5.74, 6) is 0.659. The van der Waals surface area contributed by atoms with Crippen LogP contribution in [0.2, 0.25) is 0 Å². The third-order valence-electron chi connectivity index (χ3n) is 6.81. The van der Waals surface area contributed by atoms with Crippen LogP contribution in [0.15, 0.2) is 54.7 Å². The summed E-state index contributed by atoms with van der Waals surface area (Å²) < 4.78 is 48.2. The number of ketones is 1. The van der Waals surface area contributed by atoms with E-state index in [1.807, 2.05) is 69.3 Å². The largest absolute Gasteiger partial charge is 0.497 e. The summed E-state index contributed by atoms with van der Waals surface area (Å²) >= 11 is 0. The number of rotatable bonds is 8. The van der Waals surface area contributed by atoms with E-state index >= 15 is 0 Å². The van der Waals surface area contributed by atoms with Crippen molar-refractivity contribution in [1.29, 1.82) is 0 Å². The minimum absolute atomic E-state index is 0.137. The highest BCUT2D eigenvalue weighted by molar-refractivity contribution is 6.00. The number of alkyl halides is 3. The molecule has 0 aliphatic carbocycles. The van der Waals surface area contributed by atoms with Crippen LogP contribution < -0.4 is 10.1 Å². The lowest BCUT2D eigenvalue weighted by Crippen LogP contribution is -2.36. The van der Waals surface area contributed by atoms with Crippen molar-refractivity contribution in [3.8, 4) is 5.75 Å². The molecule has 1 aliphatic heterocycles. The fraction of sp³-hybridized carbons (Fsp3) is 0.429. The number of benzene rings is 2. The van der Waals surface area contributed by atoms with Crippen molar-refractivity contribution < 1.29 is 22.7 Å². The monoisotopic (exact) mass is 499 g/mol. The summed E-state index contributed by atoms with van der Waals surface area (Å²) in [6.07, 6.45) is -1.75. The van der Waals surface area contributed by atoms with Crippen molar-refractivity contribution in [2.75, 3.05) is 12.4 Å². The zero-order valence-corrected chi connectivity index (χ0v) is 21.0. The van der Waals surface area contributed by atoms with Gasteiger partial charge in [0.15, 0.2) is 11.8 Å². The first kappa shape index (κ1) is 25.8. The van der Waals surface area contributed by atoms with Gasteiger partial charge in [-0.3, -0.25) is 4.79 Å². The maximum absolute atomic E-state index is 14.0. The van der Waals surface area contributed by atoms with Crippen LogP contribution in [0, 0.1) is 5.41 Å². The van der Waals surface area contributed by atoms with Gasteiger partial charge >= 0.3 is 6.18 Å². The van der Waals surface area contributed by atoms with Crippen molar-refractivity contribution in [2.45, 2.75) is 64.7 Å². The van der Waals surface area contributed by atoms with Gasteiger partial charge in [0, 0.05) is 12.8 Å². The van der Waals surface area contributed by atoms with Crippen LogP contribution in [-0.2, 0) is 12.8 Å². The highest BCUT2D eigenvalue weighted by Gasteiger charge is 2.47. The molecule has 2 atom stereocenters. The number of aromatic nitrogens is 2. The Balaban J connectivity index is 1.58. The van der Waals surface area contributed by atoms with Crippen LogP contribution in [0.4, 0.5) is 19.0 Å². The molecule has 1 aliphatic rings. The molecule has 1 aromatic heterocycles. The second-order valence-corrected chi connectivity index (χ2v) is 10.2. The SMILES string of the molecule is CCc1ccc(C2CC(C(F)(F)F)n3ncc(C(=O)CC(C)(C)Cc4ccc(OC)cc4)c3N2)cc1. The molecule has 0 fully saturated rings. The molecule has 0 bridgehead atoms. The van der Waals surface area contributed by atoms with Crippen LogP contribution in [0.3, 0.4) is 0 Å². The van der Waals surface area contributed by atoms with E-state index in [-0.39, 0.29) is 30.0 Å². The Labute approximate surface area is 209 Å². The Hall–Kier alpha value is -3.29. The summed E-state index contributed by atoms with van der Waals surface area (Å²) in [6, 6.07) is 12.8. The first-order chi connectivity index (χ1) is 17.0. The molecule has 1 N–H and O–H groups in total. The molecule has 8 heteroatoms. The second kappa shape index (κ2) is 9.99. The summed E-state index contributed by atoms with van der Waals surface area (Å²) in [5.41, 5.74) is 2.71. The lowest BCUT2D eigenvalue weighted by atomic mass is 9.80. The predicted molar refractivity (Wildman–Crippen MR) is 134 cm³/mol. The number of halogens is 3. The molecule has 2 heterocycles. The zero-order valence-electron chi connectivity index (χ0n) is 21.0. The minimum Gasteiger partial charge on any atom is -0.497 e. The number of nitrogens with zero attached hydrogens (tertiary/aromatic N) is 2. The quantitative estimate of drug-likeness (QED) is 0.341. The highest BCUT2D eigenvalue weighted by atomic mass is 19.4. The molecular formula is C28H32F3N3O2. The lowest BCUT2D eigenvalue weighted by molar-refractivity contribution is -0.173. The molecule has 0 spiro atoms. The Morgan fingerprint density at radius 2 is 1.72 bits per heavy atom. The van der Waals surface area contributed by atoms with Crippen LogP contribution >= 0.6 is 0 Å². The minimum atomic E-state index is -4.49. The molecule has 5 nitrogen and oxygen atoms in total. The number of aryl methyl sites for hydroxylation is 1. The van der Waals surface area contributed by atoms with E-state index in [9.17, 15) is 18.0 Å². The molecular weight excluding hydrogens is 467 g/mol. The van der Waals surface area contributed by atoms with Crippen LogP contribution in [0.1, 0.15) is 72.7 Å². The fourth-order valence-electron chi connectivity index (χ4n) is 4.86. The normalized spacial score (nSPS) is 17.9. The van der Waals surface area contributed by atoms with Gasteiger partial charge in [0.1, 0.15) is 11.6 Å². The van der Waals surface area contributed by atoms with Gasteiger partial charge in [0.2, 0.25) is 0 Å². The van der Waals surface area contributed by atoms with E-state index in [1.165, 1.54) is 6.20 Å². The first-order valence-corrected chi connectivity index (χ1v) is 12.2. The number of Topliss-reactive ketones (excluding diaryl/α,β-unsaturated/α-hetero) is 1. The highest BCUT2D eigenvalue weighted by Crippen LogP contribution is 2.45. The average molecular weight is 500 g/mol. The number of nitrogens with one attached hydrogen (secondary N) is 1. The van der Waals surface area contributed by atoms with E-state index in [4.69, 9.17) is 4.74 Å². The fourth-order valence-corrected chi connectivity index (χ4v) is 4.86. The third-order valence-corrected chi connectivity index (χ3v) is 6.81. The maximum Gasteiger partial charge on any atom is 0.410 e. The molecule has 36 heavy (non-hydrogen) atoms. The number of methoxy groups -OCH3 is 1. The van der Waals surface area contributed by atoms with Gasteiger partial charge in [-0.2, -0.15) is 18.3 Å². The van der Waals surface area contributed by atoms with Crippen molar-refractivity contribution in [3.05, 3.63) is 77.0 Å². The Morgan fingerprint density at radius 3 is 2.31 bits per heavy atom. The van der Waals surface area contributed by atoms with Crippen LogP contribution in [0.25, 0.3) is 0 Å². The smallest absolute Gasteiger partial charge is 0.410 e. The number of anilines is 1. The first-order valence-electron chi connectivity index (χ1n) is 12.2. The van der Waals surface area contributed by atoms with Crippen molar-refractivity contribution >= 4 is 11.6 Å². The molecule has 0 amide bonds. The number of carbonyl (C=O) groups excluding carboxylic acids is 1. The summed E-state index contributed by atoms with van der Waals surface area (Å²) in [7, 11) is 1.60. The molecule has 3 aromatic rings. The number of ether oxygens (including phenoxy) is 1. The number of hydrogen-bond donors (Lipinski definition) is 1. The van der Waals surface area contributed by atoms with E-state index in [0.29, 0.717) is 6.42 Å². The topological polar surface area (TPSA) is 56.2 Å². The molecule has 0 saturated carbocycles. The predicted octanol–water partition coefficient (Wildman–Crippen LogP) is 6.96. The van der Waals surface area contributed by atoms with Gasteiger partial charge in [0.05, 0.1) is 24.9 Å². The van der Waals surface area contributed by atoms with Crippen molar-refractivity contribution in [3.63, 3.8) is 0 Å². The standard InChI is InChI=1S/C28H32F3N3O2/c1-5-18-6-10-20(11-7-18)23-14-25(28(29,30)31)34-26(33-23)22(17-32-34)24(35)16-27(2,3)15-19-8-12-21(36-4)13-9-19/h6-13,17,23,25,33H,5,14-16H2,1-4H3. The van der Waals surface area contributed by atoms with Crippen molar-refractivity contribution in [2.24, 2.45) is 5.41 Å². The second-order valence-electron chi connectivity index (χ2n) is 10.2. The zero-order chi connectivity index (χ0) is 26.1. The van der Waals surface area contributed by atoms with Crippen molar-refractivity contribution in [1.82, 2.24) is 9.78 Å². The van der Waals surface area contributed by atoms with Gasteiger partial charge in [-0.05, 0) is 47.1 Å². The van der Waals surface area contributed by atoms with Gasteiger partial charge in [0.25, 0.3) is 0 Å². The molecule has 4 rings (SSSR count). The van der Waals surface area contributed by atoms with Gasteiger partial charge in [-0.1, -0.05) is 57.2 Å². The molecule has 192 valence electrons. The number of carbonyl (C=O) groups is 1. The average Bonchev–Trinajstić information content (AvgIpc) is 3.27. The molecule has 2 unspecified atom stereocenters. The van der Waals surface area contributed by atoms with Gasteiger partial charge in [-0.15, -0.1) is 0 Å². The molecule has 0 radical (unpaired) electrons. The van der Waals surface area contributed by atoms with E-state index in [2.05, 4.69) is 10.4 Å². The van der Waals surface area contributed by atoms with Gasteiger partial charge in [-0.25, -0.2) is 4.68 Å². The van der Waals surface area contributed by atoms with E-state index in [0.717, 1.165) is 33.5 Å². The molecule has 2 aromatic carbocycles. The van der Waals surface area contributed by atoms with Gasteiger partial charge < -0.3 is 10.1 Å². The summed E-state index contributed by atoms with van der Waals surface area (Å²) in [6.45, 7) is 5.99. The Bertz CT molecular complexity index is 1200. The van der Waals surface area contributed by atoms with E-state index in [1.54, 1.807) is 7.11 Å². The summed E-state index contributed by atoms with van der Waals surface area (Å²) in [4.78, 5) is 13.4. The van der Waals surface area contributed by atoms with E-state index < -0.39 is 23.7 Å². The third kappa shape index (κ3) is 5.58. The van der Waals surface area contributed by atoms with Crippen LogP contribution in [-0.4, -0.2) is 28.8 Å². The maximum atomic E-state index is 14.0. The number of hydrogen-bond acceptors (Lipinski definition) is 4. The Morgan fingerprint density at radius 1 is 1.08 bits per heavy atom. The summed E-state index contributed by atoms with van der Waals surface area (Å²) in [5, 5.41) is 7.21. The lowest BCUT2D eigenvalue weighted by Gasteiger charge is -2.34. The molecule has 0 saturated heterocycles. The van der Waals surface area contributed by atoms with Crippen LogP contribution in [0.5, 0.6) is 5.75 Å². The number of fused-ring (bicyclic) bond motifs is 1. The Kier molecular flexibility index (Phi) is 7.16.